The fraction of sp³-hybridized carbons (Fsp3) is 0.185. The van der Waals surface area contributed by atoms with Crippen LogP contribution in [0.4, 0.5) is 11.4 Å². The van der Waals surface area contributed by atoms with Crippen molar-refractivity contribution in [1.29, 1.82) is 0 Å². The van der Waals surface area contributed by atoms with Crippen LogP contribution in [-0.4, -0.2) is 47.1 Å². The fourth-order valence-corrected chi connectivity index (χ4v) is 5.04. The summed E-state index contributed by atoms with van der Waals surface area (Å²) in [7, 11) is 0. The number of aliphatic imine (C=N–C) groups is 1. The first-order valence-corrected chi connectivity index (χ1v) is 12.4. The molecule has 1 saturated heterocycles. The van der Waals surface area contributed by atoms with Crippen LogP contribution in [0.3, 0.4) is 0 Å². The number of piperazine rings is 1. The molecule has 0 saturated carbocycles. The number of hydrogen-bond donors (Lipinski definition) is 0. The zero-order valence-electron chi connectivity index (χ0n) is 19.4. The van der Waals surface area contributed by atoms with Gasteiger partial charge in [0.05, 0.1) is 9.83 Å². The molecule has 9 heteroatoms. The van der Waals surface area contributed by atoms with Crippen LogP contribution in [-0.2, 0) is 11.4 Å². The molecule has 0 bridgehead atoms. The summed E-state index contributed by atoms with van der Waals surface area (Å²) < 4.78 is 6.03. The number of amides is 1. The Hall–Kier alpha value is -4.11. The number of amidine groups is 1. The quantitative estimate of drug-likeness (QED) is 0.268. The van der Waals surface area contributed by atoms with Crippen LogP contribution in [0.5, 0.6) is 5.75 Å². The van der Waals surface area contributed by atoms with Crippen LogP contribution in [0.1, 0.15) is 11.1 Å². The highest BCUT2D eigenvalue weighted by molar-refractivity contribution is 8.18. The van der Waals surface area contributed by atoms with Gasteiger partial charge in [-0.3, -0.25) is 14.9 Å². The van der Waals surface area contributed by atoms with Crippen molar-refractivity contribution < 1.29 is 14.5 Å². The van der Waals surface area contributed by atoms with Crippen LogP contribution in [0.2, 0.25) is 0 Å². The van der Waals surface area contributed by atoms with Crippen molar-refractivity contribution in [3.05, 3.63) is 105 Å². The van der Waals surface area contributed by atoms with E-state index in [1.807, 2.05) is 60.7 Å². The first-order valence-electron chi connectivity index (χ1n) is 11.6. The Morgan fingerprint density at radius 3 is 2.31 bits per heavy atom. The van der Waals surface area contributed by atoms with E-state index in [0.717, 1.165) is 29.9 Å². The lowest BCUT2D eigenvalue weighted by atomic mass is 10.2. The number of nitro benzene ring substituents is 1. The maximum absolute atomic E-state index is 12.7. The second-order valence-corrected chi connectivity index (χ2v) is 9.38. The average molecular weight is 501 g/mol. The Bertz CT molecular complexity index is 1320. The van der Waals surface area contributed by atoms with E-state index in [4.69, 9.17) is 4.74 Å². The summed E-state index contributed by atoms with van der Waals surface area (Å²) in [5.74, 6) is 0.470. The van der Waals surface area contributed by atoms with Gasteiger partial charge in [-0.05, 0) is 41.6 Å². The summed E-state index contributed by atoms with van der Waals surface area (Å²) in [6.07, 6.45) is 1.84. The van der Waals surface area contributed by atoms with E-state index in [1.54, 1.807) is 12.1 Å². The van der Waals surface area contributed by atoms with Crippen LogP contribution in [0.25, 0.3) is 6.08 Å². The summed E-state index contributed by atoms with van der Waals surface area (Å²) in [6, 6.07) is 24.2. The molecule has 0 aliphatic carbocycles. The van der Waals surface area contributed by atoms with Gasteiger partial charge in [-0.1, -0.05) is 48.5 Å². The molecule has 2 heterocycles. The van der Waals surface area contributed by atoms with E-state index in [2.05, 4.69) is 14.8 Å². The van der Waals surface area contributed by atoms with Gasteiger partial charge in [0.25, 0.3) is 11.6 Å². The van der Waals surface area contributed by atoms with Gasteiger partial charge in [-0.25, -0.2) is 0 Å². The number of rotatable bonds is 6. The van der Waals surface area contributed by atoms with Crippen LogP contribution < -0.4 is 9.64 Å². The highest BCUT2D eigenvalue weighted by Gasteiger charge is 2.29. The molecule has 182 valence electrons. The first-order chi connectivity index (χ1) is 17.6. The van der Waals surface area contributed by atoms with Gasteiger partial charge in [0.15, 0.2) is 5.17 Å². The van der Waals surface area contributed by atoms with E-state index < -0.39 is 4.92 Å². The van der Waals surface area contributed by atoms with Crippen molar-refractivity contribution in [3.8, 4) is 5.75 Å². The third-order valence-corrected chi connectivity index (χ3v) is 7.07. The number of benzene rings is 3. The number of para-hydroxylation sites is 1. The van der Waals surface area contributed by atoms with Crippen molar-refractivity contribution in [1.82, 2.24) is 4.90 Å². The van der Waals surface area contributed by atoms with Gasteiger partial charge in [0.1, 0.15) is 12.4 Å². The molecule has 1 amide bonds. The molecule has 0 radical (unpaired) electrons. The van der Waals surface area contributed by atoms with E-state index >= 15 is 0 Å². The Morgan fingerprint density at radius 2 is 1.58 bits per heavy atom. The molecule has 2 aliphatic heterocycles. The largest absolute Gasteiger partial charge is 0.488 e. The molecule has 1 fully saturated rings. The second-order valence-electron chi connectivity index (χ2n) is 8.37. The predicted octanol–water partition coefficient (Wildman–Crippen LogP) is 4.97. The summed E-state index contributed by atoms with van der Waals surface area (Å²) in [5.41, 5.74) is 2.94. The lowest BCUT2D eigenvalue weighted by Crippen LogP contribution is -2.47. The fourth-order valence-electron chi connectivity index (χ4n) is 4.08. The predicted molar refractivity (Wildman–Crippen MR) is 142 cm³/mol. The average Bonchev–Trinajstić information content (AvgIpc) is 3.29. The Morgan fingerprint density at radius 1 is 0.917 bits per heavy atom. The van der Waals surface area contributed by atoms with Gasteiger partial charge in [-0.2, -0.15) is 4.99 Å². The lowest BCUT2D eigenvalue weighted by Gasteiger charge is -2.36. The molecule has 2 aliphatic rings. The van der Waals surface area contributed by atoms with Crippen molar-refractivity contribution in [2.24, 2.45) is 4.99 Å². The number of thioether (sulfide) groups is 1. The summed E-state index contributed by atoms with van der Waals surface area (Å²) >= 11 is 1.38. The minimum Gasteiger partial charge on any atom is -0.488 e. The minimum atomic E-state index is -0.396. The molecular weight excluding hydrogens is 476 g/mol. The Labute approximate surface area is 213 Å². The minimum absolute atomic E-state index is 0.0824. The van der Waals surface area contributed by atoms with Gasteiger partial charge in [0.2, 0.25) is 0 Å². The zero-order valence-corrected chi connectivity index (χ0v) is 20.3. The highest BCUT2D eigenvalue weighted by atomic mass is 32.2. The molecule has 0 unspecified atom stereocenters. The molecule has 8 nitrogen and oxygen atoms in total. The van der Waals surface area contributed by atoms with Crippen LogP contribution in [0, 0.1) is 10.1 Å². The van der Waals surface area contributed by atoms with E-state index in [1.165, 1.54) is 23.9 Å². The molecule has 36 heavy (non-hydrogen) atoms. The van der Waals surface area contributed by atoms with Crippen molar-refractivity contribution >= 4 is 40.3 Å². The zero-order chi connectivity index (χ0) is 24.9. The van der Waals surface area contributed by atoms with Crippen molar-refractivity contribution in [2.75, 3.05) is 31.1 Å². The van der Waals surface area contributed by atoms with Crippen molar-refractivity contribution in [3.63, 3.8) is 0 Å². The molecule has 3 aromatic carbocycles. The molecule has 0 N–H and O–H groups in total. The Kier molecular flexibility index (Phi) is 6.99. The number of anilines is 1. The molecule has 5 rings (SSSR count). The number of non-ortho nitro benzene ring substituents is 1. The van der Waals surface area contributed by atoms with Gasteiger partial charge in [-0.15, -0.1) is 0 Å². The summed E-state index contributed by atoms with van der Waals surface area (Å²) in [5, 5.41) is 11.6. The molecular formula is C27H24N4O4S. The second kappa shape index (κ2) is 10.7. The third-order valence-electron chi connectivity index (χ3n) is 6.03. The Balaban J connectivity index is 1.21. The van der Waals surface area contributed by atoms with E-state index in [-0.39, 0.29) is 11.6 Å². The number of hydrogen-bond acceptors (Lipinski definition) is 7. The third kappa shape index (κ3) is 5.41. The van der Waals surface area contributed by atoms with Gasteiger partial charge in [0, 0.05) is 49.6 Å². The summed E-state index contributed by atoms with van der Waals surface area (Å²) in [4.78, 5) is 32.3. The standard InChI is InChI=1S/C27H24N4O4S/c32-26-25(18-21-8-4-5-9-24(21)35-19-20-6-2-1-3-7-20)36-27(28-26)30-16-14-29(15-17-30)22-10-12-23(13-11-22)31(33)34/h1-13,18H,14-17,19H2/b25-18-. The monoisotopic (exact) mass is 500 g/mol. The van der Waals surface area contributed by atoms with Gasteiger partial charge >= 0.3 is 0 Å². The SMILES string of the molecule is O=C1N=C(N2CCN(c3ccc([N+](=O)[O-])cc3)CC2)S/C1=C\c1ccccc1OCc1ccccc1. The number of carbonyl (C=O) groups is 1. The highest BCUT2D eigenvalue weighted by Crippen LogP contribution is 2.33. The summed E-state index contributed by atoms with van der Waals surface area (Å²) in [6.45, 7) is 3.34. The molecule has 0 atom stereocenters. The number of carbonyl (C=O) groups excluding carboxylic acids is 1. The molecule has 3 aromatic rings. The lowest BCUT2D eigenvalue weighted by molar-refractivity contribution is -0.384. The van der Waals surface area contributed by atoms with E-state index in [0.29, 0.717) is 35.5 Å². The number of ether oxygens (including phenoxy) is 1. The number of nitrogens with zero attached hydrogens (tertiary/aromatic N) is 4. The topological polar surface area (TPSA) is 88.3 Å². The van der Waals surface area contributed by atoms with Crippen LogP contribution >= 0.6 is 11.8 Å². The maximum Gasteiger partial charge on any atom is 0.286 e. The normalized spacial score (nSPS) is 16.8. The van der Waals surface area contributed by atoms with Crippen molar-refractivity contribution in [2.45, 2.75) is 6.61 Å². The molecule has 0 spiro atoms. The van der Waals surface area contributed by atoms with E-state index in [9.17, 15) is 14.9 Å². The molecule has 0 aromatic heterocycles. The van der Waals surface area contributed by atoms with Gasteiger partial charge < -0.3 is 14.5 Å². The van der Waals surface area contributed by atoms with Crippen LogP contribution in [0.15, 0.2) is 88.8 Å². The first kappa shape index (κ1) is 23.6. The maximum atomic E-state index is 12.7. The smallest absolute Gasteiger partial charge is 0.286 e. The number of nitro groups is 1.